The van der Waals surface area contributed by atoms with Crippen molar-refractivity contribution in [3.63, 3.8) is 0 Å². The Kier molecular flexibility index (Phi) is 5.40. The van der Waals surface area contributed by atoms with Gasteiger partial charge in [-0.3, -0.25) is 5.10 Å². The SMILES string of the molecule is C[C@H](Nc1nc(Nc2cc(C3CC3)[nH]n2)c(Cl)c(N2CCCC2)n1)c1ccc(F)cc1. The van der Waals surface area contributed by atoms with Crippen molar-refractivity contribution in [2.24, 2.45) is 0 Å². The van der Waals surface area contributed by atoms with Gasteiger partial charge < -0.3 is 15.5 Å². The number of H-pyrrole nitrogens is 1. The lowest BCUT2D eigenvalue weighted by molar-refractivity contribution is 0.626. The van der Waals surface area contributed by atoms with Gasteiger partial charge in [0.2, 0.25) is 5.95 Å². The van der Waals surface area contributed by atoms with Crippen LogP contribution in [0.5, 0.6) is 0 Å². The van der Waals surface area contributed by atoms with Gasteiger partial charge in [-0.1, -0.05) is 23.7 Å². The van der Waals surface area contributed by atoms with Crippen LogP contribution >= 0.6 is 11.6 Å². The number of nitrogens with zero attached hydrogens (tertiary/aromatic N) is 4. The minimum Gasteiger partial charge on any atom is -0.355 e. The Balaban J connectivity index is 1.44. The molecule has 1 aliphatic carbocycles. The van der Waals surface area contributed by atoms with Gasteiger partial charge in [0.1, 0.15) is 10.8 Å². The highest BCUT2D eigenvalue weighted by Gasteiger charge is 2.26. The van der Waals surface area contributed by atoms with E-state index in [0.29, 0.717) is 34.3 Å². The maximum atomic E-state index is 13.3. The van der Waals surface area contributed by atoms with Gasteiger partial charge in [0.25, 0.3) is 0 Å². The summed E-state index contributed by atoms with van der Waals surface area (Å²) in [7, 11) is 0. The number of hydrogen-bond acceptors (Lipinski definition) is 6. The van der Waals surface area contributed by atoms with E-state index in [-0.39, 0.29) is 11.9 Å². The van der Waals surface area contributed by atoms with Crippen LogP contribution in [0.4, 0.5) is 27.8 Å². The molecule has 1 atom stereocenters. The van der Waals surface area contributed by atoms with Gasteiger partial charge >= 0.3 is 0 Å². The molecule has 1 aliphatic heterocycles. The highest BCUT2D eigenvalue weighted by atomic mass is 35.5. The lowest BCUT2D eigenvalue weighted by Crippen LogP contribution is -2.21. The maximum Gasteiger partial charge on any atom is 0.227 e. The van der Waals surface area contributed by atoms with Gasteiger partial charge in [-0.25, -0.2) is 4.39 Å². The summed E-state index contributed by atoms with van der Waals surface area (Å²) in [4.78, 5) is 11.5. The van der Waals surface area contributed by atoms with Crippen LogP contribution < -0.4 is 15.5 Å². The third-order valence-corrected chi connectivity index (χ3v) is 6.16. The number of aromatic nitrogens is 4. The zero-order chi connectivity index (χ0) is 21.4. The molecule has 0 bridgehead atoms. The molecule has 9 heteroatoms. The number of nitrogens with one attached hydrogen (secondary N) is 3. The zero-order valence-corrected chi connectivity index (χ0v) is 18.1. The zero-order valence-electron chi connectivity index (χ0n) is 17.3. The van der Waals surface area contributed by atoms with Crippen LogP contribution in [-0.4, -0.2) is 33.3 Å². The first kappa shape index (κ1) is 20.1. The second kappa shape index (κ2) is 8.34. The molecule has 0 unspecified atom stereocenters. The van der Waals surface area contributed by atoms with Gasteiger partial charge in [0.15, 0.2) is 17.5 Å². The van der Waals surface area contributed by atoms with Crippen LogP contribution in [0.2, 0.25) is 5.02 Å². The van der Waals surface area contributed by atoms with Crippen LogP contribution in [-0.2, 0) is 0 Å². The van der Waals surface area contributed by atoms with Crippen molar-refractivity contribution in [2.75, 3.05) is 28.6 Å². The molecule has 3 heterocycles. The van der Waals surface area contributed by atoms with E-state index in [9.17, 15) is 4.39 Å². The predicted octanol–water partition coefficient (Wildman–Crippen LogP) is 5.39. The van der Waals surface area contributed by atoms with Gasteiger partial charge in [-0.2, -0.15) is 15.1 Å². The quantitative estimate of drug-likeness (QED) is 0.456. The number of halogens is 2. The summed E-state index contributed by atoms with van der Waals surface area (Å²) < 4.78 is 13.3. The molecule has 1 aromatic carbocycles. The molecular formula is C22H25ClFN7. The summed E-state index contributed by atoms with van der Waals surface area (Å²) in [6.07, 6.45) is 4.62. The molecule has 3 aromatic rings. The predicted molar refractivity (Wildman–Crippen MR) is 121 cm³/mol. The first-order chi connectivity index (χ1) is 15.1. The van der Waals surface area contributed by atoms with Crippen LogP contribution in [0.15, 0.2) is 30.3 Å². The van der Waals surface area contributed by atoms with E-state index in [2.05, 4.69) is 30.7 Å². The van der Waals surface area contributed by atoms with E-state index in [4.69, 9.17) is 16.6 Å². The second-order valence-electron chi connectivity index (χ2n) is 8.25. The van der Waals surface area contributed by atoms with Crippen LogP contribution in [0.3, 0.4) is 0 Å². The Morgan fingerprint density at radius 3 is 2.61 bits per heavy atom. The minimum absolute atomic E-state index is 0.104. The number of aromatic amines is 1. The average Bonchev–Trinajstić information content (AvgIpc) is 3.26. The molecule has 0 spiro atoms. The first-order valence-electron chi connectivity index (χ1n) is 10.7. The Hall–Kier alpha value is -2.87. The highest BCUT2D eigenvalue weighted by Crippen LogP contribution is 2.40. The van der Waals surface area contributed by atoms with E-state index in [1.807, 2.05) is 13.0 Å². The van der Waals surface area contributed by atoms with Crippen molar-refractivity contribution >= 4 is 35.0 Å². The molecule has 162 valence electrons. The van der Waals surface area contributed by atoms with Crippen LogP contribution in [0.25, 0.3) is 0 Å². The number of benzene rings is 1. The molecule has 0 radical (unpaired) electrons. The second-order valence-corrected chi connectivity index (χ2v) is 8.63. The summed E-state index contributed by atoms with van der Waals surface area (Å²) in [5.41, 5.74) is 2.08. The fourth-order valence-corrected chi connectivity index (χ4v) is 4.13. The first-order valence-corrected chi connectivity index (χ1v) is 11.1. The maximum absolute atomic E-state index is 13.3. The lowest BCUT2D eigenvalue weighted by Gasteiger charge is -2.22. The van der Waals surface area contributed by atoms with Crippen molar-refractivity contribution in [2.45, 2.75) is 44.6 Å². The summed E-state index contributed by atoms with van der Waals surface area (Å²) in [5, 5.41) is 14.5. The molecule has 3 N–H and O–H groups in total. The molecule has 1 saturated heterocycles. The largest absolute Gasteiger partial charge is 0.355 e. The Labute approximate surface area is 185 Å². The third kappa shape index (κ3) is 4.44. The van der Waals surface area contributed by atoms with Crippen LogP contribution in [0.1, 0.15) is 55.8 Å². The smallest absolute Gasteiger partial charge is 0.227 e. The van der Waals surface area contributed by atoms with Crippen molar-refractivity contribution in [1.82, 2.24) is 20.2 Å². The summed E-state index contributed by atoms with van der Waals surface area (Å²) in [6.45, 7) is 3.82. The molecule has 7 nitrogen and oxygen atoms in total. The Morgan fingerprint density at radius 2 is 1.90 bits per heavy atom. The van der Waals surface area contributed by atoms with Gasteiger partial charge in [-0.15, -0.1) is 0 Å². The fraction of sp³-hybridized carbons (Fsp3) is 0.409. The van der Waals surface area contributed by atoms with E-state index in [1.54, 1.807) is 12.1 Å². The van der Waals surface area contributed by atoms with Crippen LogP contribution in [0, 0.1) is 5.82 Å². The molecule has 31 heavy (non-hydrogen) atoms. The summed E-state index contributed by atoms with van der Waals surface area (Å²) >= 11 is 6.73. The molecule has 5 rings (SSSR count). The molecule has 2 fully saturated rings. The summed E-state index contributed by atoms with van der Waals surface area (Å²) in [5.74, 6) is 2.70. The monoisotopic (exact) mass is 441 g/mol. The van der Waals surface area contributed by atoms with E-state index in [0.717, 1.165) is 37.2 Å². The molecule has 1 saturated carbocycles. The summed E-state index contributed by atoms with van der Waals surface area (Å²) in [6, 6.07) is 8.33. The van der Waals surface area contributed by atoms with Crippen molar-refractivity contribution < 1.29 is 4.39 Å². The fourth-order valence-electron chi connectivity index (χ4n) is 3.87. The lowest BCUT2D eigenvalue weighted by atomic mass is 10.1. The number of hydrogen-bond donors (Lipinski definition) is 3. The molecule has 2 aromatic heterocycles. The van der Waals surface area contributed by atoms with E-state index < -0.39 is 0 Å². The van der Waals surface area contributed by atoms with Gasteiger partial charge in [0.05, 0.1) is 6.04 Å². The Bertz CT molecular complexity index is 1060. The van der Waals surface area contributed by atoms with E-state index in [1.165, 1.54) is 25.0 Å². The van der Waals surface area contributed by atoms with Crippen molar-refractivity contribution in [1.29, 1.82) is 0 Å². The average molecular weight is 442 g/mol. The molecule has 2 aliphatic rings. The molecular weight excluding hydrogens is 417 g/mol. The molecule has 0 amide bonds. The van der Waals surface area contributed by atoms with E-state index >= 15 is 0 Å². The number of rotatable bonds is 7. The number of anilines is 4. The Morgan fingerprint density at radius 1 is 1.16 bits per heavy atom. The van der Waals surface area contributed by atoms with Gasteiger partial charge in [0, 0.05) is 30.8 Å². The van der Waals surface area contributed by atoms with Gasteiger partial charge in [-0.05, 0) is 50.3 Å². The highest BCUT2D eigenvalue weighted by molar-refractivity contribution is 6.35. The standard InChI is InChI=1S/C22H25ClFN7/c1-13(14-6-8-16(24)9-7-14)25-22-27-20(19(23)21(28-22)31-10-2-3-11-31)26-18-12-17(29-30-18)15-4-5-15/h6-9,12-13,15H,2-5,10-11H2,1H3,(H3,25,26,27,28,29,30)/t13-/m0/s1. The minimum atomic E-state index is -0.258. The normalized spacial score (nSPS) is 17.1. The van der Waals surface area contributed by atoms with Crippen molar-refractivity contribution in [3.05, 3.63) is 52.4 Å². The topological polar surface area (TPSA) is 81.8 Å². The third-order valence-electron chi connectivity index (χ3n) is 5.82. The van der Waals surface area contributed by atoms with Crippen molar-refractivity contribution in [3.8, 4) is 0 Å².